The molecule has 4 N–H and O–H groups in total. The summed E-state index contributed by atoms with van der Waals surface area (Å²) in [5, 5.41) is 25.7. The number of pyridine rings is 1. The van der Waals surface area contributed by atoms with Gasteiger partial charge < -0.3 is 29.8 Å². The number of likely N-dealkylation sites (tertiary alicyclic amines) is 1. The zero-order valence-corrected chi connectivity index (χ0v) is 44.0. The number of halogens is 1. The Kier molecular flexibility index (Phi) is 13.7. The van der Waals surface area contributed by atoms with Crippen molar-refractivity contribution in [3.63, 3.8) is 0 Å². The summed E-state index contributed by atoms with van der Waals surface area (Å²) in [6, 6.07) is 16.6. The number of rotatable bonds is 13. The second kappa shape index (κ2) is 19.7. The van der Waals surface area contributed by atoms with Gasteiger partial charge in [0.25, 0.3) is 21.6 Å². The predicted octanol–water partition coefficient (Wildman–Crippen LogP) is 8.26. The minimum atomic E-state index is -4.76. The summed E-state index contributed by atoms with van der Waals surface area (Å²) >= 11 is 0. The first-order valence-corrected chi connectivity index (χ1v) is 28.6. The first-order chi connectivity index (χ1) is 35.1. The second-order valence-corrected chi connectivity index (χ2v) is 26.2. The third-order valence-corrected chi connectivity index (χ3v) is 19.9. The molecule has 3 atom stereocenters. The molecule has 5 aromatic rings. The van der Waals surface area contributed by atoms with Gasteiger partial charge in [0.15, 0.2) is 11.4 Å². The number of ether oxygens (including phenoxy) is 2. The van der Waals surface area contributed by atoms with Crippen molar-refractivity contribution in [2.75, 3.05) is 56.1 Å². The van der Waals surface area contributed by atoms with Crippen molar-refractivity contribution in [1.82, 2.24) is 23.9 Å². The summed E-state index contributed by atoms with van der Waals surface area (Å²) in [6.45, 7) is 13.8. The Hall–Kier alpha value is -5.87. The standard InChI is InChI=1S/C53H65FN8O10S2/c1-32(2)38-8-6-7-9-39(38)42-28-61(74(69,70)33(3)4)19-14-45(42)60-30-53(31-60)17-20-59(21-18-53)35-10-11-40(47(22-35)72-36-23-41-43(54)27-56-50(41)55-26-36)51(63)58-73(67,68)37-24-46(62(65)66)49-48(25-37)71-29-44(57-49)34-12-15-52(5,64)16-13-34/h6-11,22-27,32-34,42,44-45,57,64H,12-21,28-31H2,1-5H3,(H,55,56)(H,58,63)/t34-,42-,44+,45-,52-/m0/s1. The van der Waals surface area contributed by atoms with Crippen molar-refractivity contribution in [3.05, 3.63) is 106 Å². The highest BCUT2D eigenvalue weighted by Crippen LogP contribution is 2.48. The number of anilines is 2. The summed E-state index contributed by atoms with van der Waals surface area (Å²) in [6.07, 6.45) is 7.51. The van der Waals surface area contributed by atoms with Gasteiger partial charge in [-0.1, -0.05) is 38.1 Å². The Labute approximate surface area is 431 Å². The van der Waals surface area contributed by atoms with E-state index in [4.69, 9.17) is 9.47 Å². The highest BCUT2D eigenvalue weighted by Gasteiger charge is 2.51. The van der Waals surface area contributed by atoms with E-state index in [0.29, 0.717) is 57.5 Å². The van der Waals surface area contributed by atoms with Gasteiger partial charge >= 0.3 is 0 Å². The number of benzene rings is 3. The topological polar surface area (TPSA) is 230 Å². The van der Waals surface area contributed by atoms with Crippen LogP contribution in [0.3, 0.4) is 0 Å². The third-order valence-electron chi connectivity index (χ3n) is 16.4. The molecule has 0 bridgehead atoms. The van der Waals surface area contributed by atoms with E-state index in [9.17, 15) is 41.2 Å². The van der Waals surface area contributed by atoms with E-state index < -0.39 is 58.1 Å². The van der Waals surface area contributed by atoms with E-state index in [0.717, 1.165) is 50.7 Å². The number of amides is 1. The van der Waals surface area contributed by atoms with Crippen LogP contribution in [0.4, 0.5) is 21.5 Å². The highest BCUT2D eigenvalue weighted by atomic mass is 32.2. The van der Waals surface area contributed by atoms with Crippen LogP contribution in [0.2, 0.25) is 0 Å². The molecule has 0 radical (unpaired) electrons. The number of nitrogens with one attached hydrogen (secondary N) is 3. The molecule has 1 amide bonds. The number of nitro groups is 1. The van der Waals surface area contributed by atoms with Crippen LogP contribution in [0, 0.1) is 27.3 Å². The maximum atomic E-state index is 14.7. The Morgan fingerprint density at radius 3 is 2.42 bits per heavy atom. The Bertz CT molecular complexity index is 3200. The first-order valence-electron chi connectivity index (χ1n) is 25.6. The second-order valence-electron chi connectivity index (χ2n) is 22.0. The van der Waals surface area contributed by atoms with Crippen LogP contribution < -0.4 is 24.4 Å². The lowest BCUT2D eigenvalue weighted by molar-refractivity contribution is -0.384. The van der Waals surface area contributed by atoms with Crippen LogP contribution in [0.5, 0.6) is 17.2 Å². The summed E-state index contributed by atoms with van der Waals surface area (Å²) < 4.78 is 85.8. The molecule has 396 valence electrons. The fraction of sp³-hybridized carbons (Fsp3) is 0.509. The fourth-order valence-corrected chi connectivity index (χ4v) is 14.3. The van der Waals surface area contributed by atoms with Crippen LogP contribution in [0.15, 0.2) is 78.0 Å². The number of nitrogens with zero attached hydrogens (tertiary/aromatic N) is 5. The van der Waals surface area contributed by atoms with Crippen LogP contribution in [0.1, 0.15) is 113 Å². The van der Waals surface area contributed by atoms with Gasteiger partial charge in [0, 0.05) is 81.3 Å². The SMILES string of the molecule is CC(C)c1ccccc1[C@@H]1CN(S(=O)(=O)C(C)C)CC[C@@H]1N1CC2(CCN(c3ccc(C(=O)NS(=O)(=O)c4cc5c(c([N+](=O)[O-])c4)N[C@@H]([C@H]4CC[C@](C)(O)CC4)CO5)c(Oc4cnc5[nH]cc(F)c5c4)c3)CC2)C1. The molecule has 10 rings (SSSR count). The van der Waals surface area contributed by atoms with Gasteiger partial charge in [0.1, 0.15) is 29.6 Å². The van der Waals surface area contributed by atoms with Crippen LogP contribution in [-0.4, -0.2) is 121 Å². The van der Waals surface area contributed by atoms with Gasteiger partial charge in [-0.2, -0.15) is 0 Å². The zero-order chi connectivity index (χ0) is 52.5. The van der Waals surface area contributed by atoms with E-state index in [1.165, 1.54) is 29.5 Å². The monoisotopic (exact) mass is 1060 g/mol. The summed E-state index contributed by atoms with van der Waals surface area (Å²) in [5.41, 5.74) is 2.06. The molecule has 18 nitrogen and oxygen atoms in total. The Balaban J connectivity index is 0.865. The number of aliphatic hydroxyl groups is 1. The molecule has 4 fully saturated rings. The number of nitro benzene ring substituents is 1. The average molecular weight is 1060 g/mol. The van der Waals surface area contributed by atoms with Crippen molar-refractivity contribution in [3.8, 4) is 17.2 Å². The molecule has 3 aromatic carbocycles. The van der Waals surface area contributed by atoms with Gasteiger partial charge in [-0.3, -0.25) is 19.8 Å². The number of H-pyrrole nitrogens is 1. The van der Waals surface area contributed by atoms with Crippen molar-refractivity contribution in [2.45, 2.75) is 119 Å². The number of aromatic amines is 1. The number of fused-ring (bicyclic) bond motifs is 2. The van der Waals surface area contributed by atoms with Crippen LogP contribution in [-0.2, 0) is 20.0 Å². The molecule has 2 aromatic heterocycles. The molecule has 74 heavy (non-hydrogen) atoms. The van der Waals surface area contributed by atoms with E-state index in [1.807, 2.05) is 0 Å². The molecule has 1 saturated carbocycles. The lowest BCUT2D eigenvalue weighted by Gasteiger charge is -2.59. The smallest absolute Gasteiger partial charge is 0.297 e. The number of piperidine rings is 2. The Morgan fingerprint density at radius 2 is 1.72 bits per heavy atom. The number of hydrogen-bond acceptors (Lipinski definition) is 14. The van der Waals surface area contributed by atoms with Gasteiger partial charge in [-0.25, -0.2) is 35.2 Å². The number of carbonyl (C=O) groups is 1. The minimum absolute atomic E-state index is 0.0191. The van der Waals surface area contributed by atoms with Crippen molar-refractivity contribution >= 4 is 54.0 Å². The molecular formula is C53H65FN8O10S2. The number of hydrogen-bond donors (Lipinski definition) is 4. The fourth-order valence-electron chi connectivity index (χ4n) is 12.0. The number of aromatic nitrogens is 2. The van der Waals surface area contributed by atoms with Crippen molar-refractivity contribution < 1.29 is 45.5 Å². The van der Waals surface area contributed by atoms with Gasteiger partial charge in [0.05, 0.1) is 43.9 Å². The molecule has 6 heterocycles. The van der Waals surface area contributed by atoms with E-state index >= 15 is 0 Å². The lowest BCUT2D eigenvalue weighted by atomic mass is 9.69. The van der Waals surface area contributed by atoms with Crippen molar-refractivity contribution in [2.24, 2.45) is 11.3 Å². The van der Waals surface area contributed by atoms with Crippen molar-refractivity contribution in [1.29, 1.82) is 0 Å². The van der Waals surface area contributed by atoms with Gasteiger partial charge in [-0.05, 0) is 112 Å². The average Bonchev–Trinajstić information content (AvgIpc) is 3.74. The molecule has 3 saturated heterocycles. The van der Waals surface area contributed by atoms with Gasteiger partial charge in [-0.15, -0.1) is 0 Å². The molecule has 5 aliphatic rings. The van der Waals surface area contributed by atoms with E-state index in [2.05, 4.69) is 67.9 Å². The van der Waals surface area contributed by atoms with Crippen LogP contribution >= 0.6 is 0 Å². The normalized spacial score (nSPS) is 24.5. The predicted molar refractivity (Wildman–Crippen MR) is 279 cm³/mol. The Morgan fingerprint density at radius 1 is 0.986 bits per heavy atom. The molecule has 4 aliphatic heterocycles. The highest BCUT2D eigenvalue weighted by molar-refractivity contribution is 7.90. The summed E-state index contributed by atoms with van der Waals surface area (Å²) in [7, 11) is -8.20. The van der Waals surface area contributed by atoms with Crippen LogP contribution in [0.25, 0.3) is 11.0 Å². The summed E-state index contributed by atoms with van der Waals surface area (Å²) in [5.74, 6) is -1.25. The molecule has 1 aliphatic carbocycles. The largest absolute Gasteiger partial charge is 0.489 e. The van der Waals surface area contributed by atoms with E-state index in [1.54, 1.807) is 37.2 Å². The maximum absolute atomic E-state index is 14.7. The molecular weight excluding hydrogens is 992 g/mol. The first kappa shape index (κ1) is 51.6. The molecule has 21 heteroatoms. The number of carbonyl (C=O) groups excluding carboxylic acids is 1. The van der Waals surface area contributed by atoms with Gasteiger partial charge in [0.2, 0.25) is 10.0 Å². The zero-order valence-electron chi connectivity index (χ0n) is 42.3. The maximum Gasteiger partial charge on any atom is 0.297 e. The minimum Gasteiger partial charge on any atom is -0.489 e. The van der Waals surface area contributed by atoms with E-state index in [-0.39, 0.29) is 81.4 Å². The third kappa shape index (κ3) is 10.0. The molecule has 0 unspecified atom stereocenters. The molecule has 1 spiro atoms. The quantitative estimate of drug-likeness (QED) is 0.0643. The lowest BCUT2D eigenvalue weighted by Crippen LogP contribution is -2.65. The summed E-state index contributed by atoms with van der Waals surface area (Å²) in [4.78, 5) is 37.1. The number of sulfonamides is 2.